The van der Waals surface area contributed by atoms with E-state index in [4.69, 9.17) is 5.11 Å². The van der Waals surface area contributed by atoms with Crippen LogP contribution in [0.3, 0.4) is 0 Å². The number of hydrogen-bond acceptors (Lipinski definition) is 2. The summed E-state index contributed by atoms with van der Waals surface area (Å²) in [6.07, 6.45) is -0.118. The SMILES string of the molecule is CC(O)CCNC(=O)c1ccc(-c2ccc(F)cc2)cc1F. The van der Waals surface area contributed by atoms with Gasteiger partial charge >= 0.3 is 0 Å². The second-order valence-electron chi connectivity index (χ2n) is 5.10. The molecule has 5 heteroatoms. The minimum Gasteiger partial charge on any atom is -0.393 e. The van der Waals surface area contributed by atoms with E-state index in [9.17, 15) is 13.6 Å². The Balaban J connectivity index is 2.12. The Bertz CT molecular complexity index is 654. The lowest BCUT2D eigenvalue weighted by atomic mass is 10.0. The monoisotopic (exact) mass is 305 g/mol. The van der Waals surface area contributed by atoms with Crippen LogP contribution in [0.2, 0.25) is 0 Å². The summed E-state index contributed by atoms with van der Waals surface area (Å²) in [6.45, 7) is 1.89. The minimum absolute atomic E-state index is 0.0588. The minimum atomic E-state index is -0.642. The number of halogens is 2. The molecule has 0 aromatic heterocycles. The first-order chi connectivity index (χ1) is 10.5. The zero-order chi connectivity index (χ0) is 16.1. The van der Waals surface area contributed by atoms with Gasteiger partial charge in [-0.15, -0.1) is 0 Å². The molecule has 2 aromatic carbocycles. The molecule has 0 aliphatic carbocycles. The zero-order valence-corrected chi connectivity index (χ0v) is 12.1. The highest BCUT2D eigenvalue weighted by molar-refractivity contribution is 5.95. The van der Waals surface area contributed by atoms with E-state index in [2.05, 4.69) is 5.32 Å². The molecule has 0 aliphatic heterocycles. The molecule has 0 aliphatic rings. The van der Waals surface area contributed by atoms with Gasteiger partial charge in [0.05, 0.1) is 11.7 Å². The lowest BCUT2D eigenvalue weighted by Crippen LogP contribution is -2.27. The summed E-state index contributed by atoms with van der Waals surface area (Å²) in [6, 6.07) is 9.94. The van der Waals surface area contributed by atoms with E-state index in [0.29, 0.717) is 17.5 Å². The van der Waals surface area contributed by atoms with Crippen LogP contribution in [0.15, 0.2) is 42.5 Å². The Morgan fingerprint density at radius 1 is 1.14 bits per heavy atom. The number of carbonyl (C=O) groups excluding carboxylic acids is 1. The van der Waals surface area contributed by atoms with Crippen LogP contribution in [-0.2, 0) is 0 Å². The van der Waals surface area contributed by atoms with E-state index in [0.717, 1.165) is 0 Å². The average Bonchev–Trinajstić information content (AvgIpc) is 2.47. The van der Waals surface area contributed by atoms with Crippen LogP contribution in [0.4, 0.5) is 8.78 Å². The molecule has 0 spiro atoms. The topological polar surface area (TPSA) is 49.3 Å². The van der Waals surface area contributed by atoms with Crippen molar-refractivity contribution in [1.82, 2.24) is 5.32 Å². The van der Waals surface area contributed by atoms with Gasteiger partial charge in [0, 0.05) is 6.54 Å². The summed E-state index contributed by atoms with van der Waals surface area (Å²) in [5.41, 5.74) is 1.18. The number of benzene rings is 2. The molecule has 1 amide bonds. The van der Waals surface area contributed by atoms with Gasteiger partial charge in [-0.05, 0) is 48.7 Å². The number of rotatable bonds is 5. The molecule has 1 atom stereocenters. The van der Waals surface area contributed by atoms with Gasteiger partial charge in [0.1, 0.15) is 11.6 Å². The van der Waals surface area contributed by atoms with Crippen molar-refractivity contribution < 1.29 is 18.7 Å². The third kappa shape index (κ3) is 4.11. The smallest absolute Gasteiger partial charge is 0.254 e. The van der Waals surface area contributed by atoms with Gasteiger partial charge in [-0.3, -0.25) is 4.79 Å². The number of carbonyl (C=O) groups is 1. The largest absolute Gasteiger partial charge is 0.393 e. The Hall–Kier alpha value is -2.27. The van der Waals surface area contributed by atoms with Crippen molar-refractivity contribution in [2.75, 3.05) is 6.54 Å². The van der Waals surface area contributed by atoms with E-state index < -0.39 is 17.8 Å². The number of hydrogen-bond donors (Lipinski definition) is 2. The van der Waals surface area contributed by atoms with Gasteiger partial charge in [-0.1, -0.05) is 18.2 Å². The number of nitrogens with one attached hydrogen (secondary N) is 1. The van der Waals surface area contributed by atoms with E-state index in [1.807, 2.05) is 0 Å². The van der Waals surface area contributed by atoms with Crippen molar-refractivity contribution in [3.05, 3.63) is 59.7 Å². The standard InChI is InChI=1S/C17H17F2NO2/c1-11(21)8-9-20-17(22)15-7-4-13(10-16(15)19)12-2-5-14(18)6-3-12/h2-7,10-11,21H,8-9H2,1H3,(H,20,22). The van der Waals surface area contributed by atoms with Crippen molar-refractivity contribution in [2.24, 2.45) is 0 Å². The van der Waals surface area contributed by atoms with Gasteiger partial charge in [-0.2, -0.15) is 0 Å². The molecule has 2 aromatic rings. The van der Waals surface area contributed by atoms with Crippen LogP contribution < -0.4 is 5.32 Å². The molecule has 0 saturated heterocycles. The molecule has 2 N–H and O–H groups in total. The lowest BCUT2D eigenvalue weighted by molar-refractivity contribution is 0.0941. The highest BCUT2D eigenvalue weighted by atomic mass is 19.1. The maximum atomic E-state index is 14.1. The van der Waals surface area contributed by atoms with E-state index in [1.165, 1.54) is 24.3 Å². The normalized spacial score (nSPS) is 12.0. The molecule has 0 radical (unpaired) electrons. The van der Waals surface area contributed by atoms with Crippen LogP contribution in [0.5, 0.6) is 0 Å². The molecule has 22 heavy (non-hydrogen) atoms. The average molecular weight is 305 g/mol. The molecule has 0 saturated carbocycles. The number of aliphatic hydroxyl groups excluding tert-OH is 1. The third-order valence-corrected chi connectivity index (χ3v) is 3.24. The molecule has 0 heterocycles. The van der Waals surface area contributed by atoms with E-state index in [-0.39, 0.29) is 17.9 Å². The molecular weight excluding hydrogens is 288 g/mol. The Morgan fingerprint density at radius 3 is 2.36 bits per heavy atom. The predicted molar refractivity (Wildman–Crippen MR) is 80.4 cm³/mol. The second-order valence-corrected chi connectivity index (χ2v) is 5.10. The maximum Gasteiger partial charge on any atom is 0.254 e. The van der Waals surface area contributed by atoms with Gasteiger partial charge in [0.15, 0.2) is 0 Å². The van der Waals surface area contributed by atoms with Crippen LogP contribution in [-0.4, -0.2) is 23.7 Å². The summed E-state index contributed by atoms with van der Waals surface area (Å²) >= 11 is 0. The molecule has 2 rings (SSSR count). The maximum absolute atomic E-state index is 14.1. The molecule has 0 bridgehead atoms. The molecule has 116 valence electrons. The van der Waals surface area contributed by atoms with E-state index >= 15 is 0 Å². The van der Waals surface area contributed by atoms with Gasteiger partial charge < -0.3 is 10.4 Å². The van der Waals surface area contributed by atoms with Crippen LogP contribution in [0.25, 0.3) is 11.1 Å². The van der Waals surface area contributed by atoms with Gasteiger partial charge in [0.2, 0.25) is 0 Å². The van der Waals surface area contributed by atoms with E-state index in [1.54, 1.807) is 25.1 Å². The fourth-order valence-electron chi connectivity index (χ4n) is 2.01. The number of aliphatic hydroxyl groups is 1. The molecule has 0 fully saturated rings. The fourth-order valence-corrected chi connectivity index (χ4v) is 2.01. The molecule has 1 unspecified atom stereocenters. The molecular formula is C17H17F2NO2. The number of amides is 1. The third-order valence-electron chi connectivity index (χ3n) is 3.24. The summed E-state index contributed by atoms with van der Waals surface area (Å²) in [5.74, 6) is -1.53. The quantitative estimate of drug-likeness (QED) is 0.891. The summed E-state index contributed by atoms with van der Waals surface area (Å²) in [5, 5.41) is 11.7. The molecule has 3 nitrogen and oxygen atoms in total. The Kier molecular flexibility index (Phi) is 5.22. The first-order valence-corrected chi connectivity index (χ1v) is 6.99. The lowest BCUT2D eigenvalue weighted by Gasteiger charge is -2.09. The first-order valence-electron chi connectivity index (χ1n) is 6.99. The highest BCUT2D eigenvalue weighted by Crippen LogP contribution is 2.22. The van der Waals surface area contributed by atoms with Crippen LogP contribution >= 0.6 is 0 Å². The van der Waals surface area contributed by atoms with Gasteiger partial charge in [-0.25, -0.2) is 8.78 Å². The Labute approximate surface area is 127 Å². The van der Waals surface area contributed by atoms with Gasteiger partial charge in [0.25, 0.3) is 5.91 Å². The van der Waals surface area contributed by atoms with Crippen LogP contribution in [0, 0.1) is 11.6 Å². The van der Waals surface area contributed by atoms with Crippen molar-refractivity contribution in [3.8, 4) is 11.1 Å². The summed E-state index contributed by atoms with van der Waals surface area (Å²) in [7, 11) is 0. The highest BCUT2D eigenvalue weighted by Gasteiger charge is 2.12. The zero-order valence-electron chi connectivity index (χ0n) is 12.1. The summed E-state index contributed by atoms with van der Waals surface area (Å²) in [4.78, 5) is 11.9. The predicted octanol–water partition coefficient (Wildman–Crippen LogP) is 3.13. The second kappa shape index (κ2) is 7.13. The Morgan fingerprint density at radius 2 is 1.77 bits per heavy atom. The van der Waals surface area contributed by atoms with Crippen molar-refractivity contribution in [3.63, 3.8) is 0 Å². The fraction of sp³-hybridized carbons (Fsp3) is 0.235. The van der Waals surface area contributed by atoms with Crippen LogP contribution in [0.1, 0.15) is 23.7 Å². The summed E-state index contributed by atoms with van der Waals surface area (Å²) < 4.78 is 26.9. The first kappa shape index (κ1) is 16.1. The van der Waals surface area contributed by atoms with Crippen molar-refractivity contribution >= 4 is 5.91 Å². The van der Waals surface area contributed by atoms with Crippen molar-refractivity contribution in [2.45, 2.75) is 19.4 Å². The van der Waals surface area contributed by atoms with Crippen molar-refractivity contribution in [1.29, 1.82) is 0 Å².